The first-order valence-electron chi connectivity index (χ1n) is 10.9. The van der Waals surface area contributed by atoms with Gasteiger partial charge in [0, 0.05) is 11.8 Å². The molecule has 0 amide bonds. The Kier molecular flexibility index (Phi) is 9.89. The van der Waals surface area contributed by atoms with E-state index in [0.29, 0.717) is 24.9 Å². The Morgan fingerprint density at radius 2 is 1.22 bits per heavy atom. The van der Waals surface area contributed by atoms with Crippen LogP contribution in [-0.4, -0.2) is 25.7 Å². The third kappa shape index (κ3) is 6.95. The van der Waals surface area contributed by atoms with Crippen molar-refractivity contribution in [3.05, 3.63) is 24.0 Å². The normalized spacial score (nSPS) is 23.6. The smallest absolute Gasteiger partial charge is 0.242 e. The summed E-state index contributed by atoms with van der Waals surface area (Å²) < 4.78 is 23.5. The molecule has 0 saturated heterocycles. The molecule has 4 atom stereocenters. The van der Waals surface area contributed by atoms with Crippen LogP contribution in [0.5, 0.6) is 0 Å². The van der Waals surface area contributed by atoms with Crippen LogP contribution in [0.2, 0.25) is 0 Å². The summed E-state index contributed by atoms with van der Waals surface area (Å²) in [5.41, 5.74) is 0. The SMILES string of the molecule is CCCCC(CC)C1OC=C(CNCC2=COC(C(CC)CCCC)O2)O1. The second-order valence-corrected chi connectivity index (χ2v) is 7.64. The Hall–Kier alpha value is -1.36. The summed E-state index contributed by atoms with van der Waals surface area (Å²) in [4.78, 5) is 0. The molecule has 4 unspecified atom stereocenters. The van der Waals surface area contributed by atoms with Gasteiger partial charge in [0.05, 0.1) is 13.1 Å². The molecule has 5 heteroatoms. The molecule has 0 aromatic carbocycles. The molecule has 0 fully saturated rings. The average molecular weight is 382 g/mol. The van der Waals surface area contributed by atoms with Gasteiger partial charge in [0.25, 0.3) is 0 Å². The maximum absolute atomic E-state index is 5.98. The molecule has 2 heterocycles. The monoisotopic (exact) mass is 381 g/mol. The summed E-state index contributed by atoms with van der Waals surface area (Å²) in [5, 5.41) is 3.36. The van der Waals surface area contributed by atoms with E-state index in [4.69, 9.17) is 18.9 Å². The van der Waals surface area contributed by atoms with E-state index in [-0.39, 0.29) is 12.6 Å². The zero-order valence-corrected chi connectivity index (χ0v) is 17.7. The second-order valence-electron chi connectivity index (χ2n) is 7.64. The molecular weight excluding hydrogens is 342 g/mol. The lowest BCUT2D eigenvalue weighted by Gasteiger charge is -2.22. The Bertz CT molecular complexity index is 435. The Labute approximate surface area is 165 Å². The third-order valence-electron chi connectivity index (χ3n) is 5.48. The van der Waals surface area contributed by atoms with Crippen molar-refractivity contribution in [1.82, 2.24) is 5.32 Å². The number of ether oxygens (including phenoxy) is 4. The Morgan fingerprint density at radius 1 is 0.778 bits per heavy atom. The van der Waals surface area contributed by atoms with Crippen molar-refractivity contribution in [1.29, 1.82) is 0 Å². The summed E-state index contributed by atoms with van der Waals surface area (Å²) >= 11 is 0. The van der Waals surface area contributed by atoms with Crippen LogP contribution < -0.4 is 5.32 Å². The van der Waals surface area contributed by atoms with Crippen LogP contribution in [0.4, 0.5) is 0 Å². The van der Waals surface area contributed by atoms with E-state index in [1.54, 1.807) is 12.5 Å². The van der Waals surface area contributed by atoms with Gasteiger partial charge < -0.3 is 24.3 Å². The standard InChI is InChI=1S/C22H39NO4/c1-5-9-11-17(7-3)21-24-15-19(26-21)13-23-14-20-16-25-22(27-20)18(8-4)12-10-6-2/h15-18,21-23H,5-14H2,1-4H3. The first-order chi connectivity index (χ1) is 13.2. The molecular formula is C22H39NO4. The topological polar surface area (TPSA) is 49.0 Å². The van der Waals surface area contributed by atoms with E-state index < -0.39 is 0 Å². The van der Waals surface area contributed by atoms with Crippen LogP contribution in [-0.2, 0) is 18.9 Å². The molecule has 2 aliphatic rings. The molecule has 1 N–H and O–H groups in total. The number of unbranched alkanes of at least 4 members (excludes halogenated alkanes) is 2. The lowest BCUT2D eigenvalue weighted by molar-refractivity contribution is -0.0799. The van der Waals surface area contributed by atoms with Crippen LogP contribution in [0.25, 0.3) is 0 Å². The lowest BCUT2D eigenvalue weighted by atomic mass is 9.99. The van der Waals surface area contributed by atoms with Crippen molar-refractivity contribution >= 4 is 0 Å². The molecule has 0 spiro atoms. The van der Waals surface area contributed by atoms with Gasteiger partial charge in [-0.05, 0) is 25.7 Å². The Morgan fingerprint density at radius 3 is 1.59 bits per heavy atom. The summed E-state index contributed by atoms with van der Waals surface area (Å²) in [6, 6.07) is 0. The highest BCUT2D eigenvalue weighted by Crippen LogP contribution is 2.28. The maximum Gasteiger partial charge on any atom is 0.242 e. The van der Waals surface area contributed by atoms with Crippen LogP contribution in [0, 0.1) is 11.8 Å². The van der Waals surface area contributed by atoms with Gasteiger partial charge in [0.1, 0.15) is 24.0 Å². The van der Waals surface area contributed by atoms with Crippen molar-refractivity contribution in [2.45, 2.75) is 91.6 Å². The number of nitrogens with one attached hydrogen (secondary N) is 1. The van der Waals surface area contributed by atoms with Crippen molar-refractivity contribution < 1.29 is 18.9 Å². The molecule has 0 aliphatic carbocycles. The minimum atomic E-state index is -0.128. The van der Waals surface area contributed by atoms with E-state index in [9.17, 15) is 0 Å². The fourth-order valence-electron chi connectivity index (χ4n) is 3.58. The molecule has 27 heavy (non-hydrogen) atoms. The van der Waals surface area contributed by atoms with Crippen LogP contribution in [0.15, 0.2) is 24.0 Å². The first kappa shape index (κ1) is 21.9. The molecule has 0 radical (unpaired) electrons. The van der Waals surface area contributed by atoms with E-state index >= 15 is 0 Å². The molecule has 0 aromatic rings. The zero-order chi connectivity index (χ0) is 19.5. The van der Waals surface area contributed by atoms with Gasteiger partial charge in [-0.25, -0.2) is 0 Å². The summed E-state index contributed by atoms with van der Waals surface area (Å²) in [7, 11) is 0. The fourth-order valence-corrected chi connectivity index (χ4v) is 3.58. The van der Waals surface area contributed by atoms with Gasteiger partial charge in [-0.2, -0.15) is 0 Å². The van der Waals surface area contributed by atoms with Crippen LogP contribution in [0.3, 0.4) is 0 Å². The van der Waals surface area contributed by atoms with Crippen LogP contribution in [0.1, 0.15) is 79.1 Å². The van der Waals surface area contributed by atoms with E-state index in [1.807, 2.05) is 0 Å². The van der Waals surface area contributed by atoms with Gasteiger partial charge in [-0.3, -0.25) is 0 Å². The zero-order valence-electron chi connectivity index (χ0n) is 17.7. The third-order valence-corrected chi connectivity index (χ3v) is 5.48. The molecule has 0 aromatic heterocycles. The molecule has 0 saturated carbocycles. The highest BCUT2D eigenvalue weighted by Gasteiger charge is 2.29. The van der Waals surface area contributed by atoms with Gasteiger partial charge in [-0.1, -0.05) is 53.4 Å². The quantitative estimate of drug-likeness (QED) is 0.434. The molecule has 0 bridgehead atoms. The lowest BCUT2D eigenvalue weighted by Crippen LogP contribution is -2.26. The minimum Gasteiger partial charge on any atom is -0.459 e. The highest BCUT2D eigenvalue weighted by molar-refractivity contribution is 5.00. The minimum absolute atomic E-state index is 0.128. The van der Waals surface area contributed by atoms with Crippen LogP contribution >= 0.6 is 0 Å². The average Bonchev–Trinajstić information content (AvgIpc) is 3.33. The van der Waals surface area contributed by atoms with Crippen molar-refractivity contribution in [3.8, 4) is 0 Å². The van der Waals surface area contributed by atoms with E-state index in [0.717, 1.165) is 37.2 Å². The highest BCUT2D eigenvalue weighted by atomic mass is 16.7. The summed E-state index contributed by atoms with van der Waals surface area (Å²) in [5.74, 6) is 2.64. The van der Waals surface area contributed by atoms with Gasteiger partial charge >= 0.3 is 0 Å². The summed E-state index contributed by atoms with van der Waals surface area (Å²) in [6.07, 6.45) is 12.6. The molecule has 2 aliphatic heterocycles. The number of hydrogen-bond donors (Lipinski definition) is 1. The van der Waals surface area contributed by atoms with Crippen molar-refractivity contribution in [2.24, 2.45) is 11.8 Å². The predicted octanol–water partition coefficient (Wildman–Crippen LogP) is 5.44. The van der Waals surface area contributed by atoms with Gasteiger partial charge in [0.15, 0.2) is 0 Å². The largest absolute Gasteiger partial charge is 0.459 e. The Balaban J connectivity index is 1.64. The van der Waals surface area contributed by atoms with Crippen molar-refractivity contribution in [2.75, 3.05) is 13.1 Å². The second kappa shape index (κ2) is 12.2. The molecule has 2 rings (SSSR count). The molecule has 156 valence electrons. The van der Waals surface area contributed by atoms with Gasteiger partial charge in [-0.15, -0.1) is 0 Å². The number of hydrogen-bond acceptors (Lipinski definition) is 5. The molecule has 5 nitrogen and oxygen atoms in total. The fraction of sp³-hybridized carbons (Fsp3) is 0.818. The van der Waals surface area contributed by atoms with Crippen molar-refractivity contribution in [3.63, 3.8) is 0 Å². The maximum atomic E-state index is 5.98. The first-order valence-corrected chi connectivity index (χ1v) is 10.9. The van der Waals surface area contributed by atoms with E-state index in [2.05, 4.69) is 33.0 Å². The predicted molar refractivity (Wildman–Crippen MR) is 108 cm³/mol. The van der Waals surface area contributed by atoms with Gasteiger partial charge in [0.2, 0.25) is 12.6 Å². The summed E-state index contributed by atoms with van der Waals surface area (Å²) in [6.45, 7) is 10.1. The van der Waals surface area contributed by atoms with E-state index in [1.165, 1.54) is 25.7 Å². The number of rotatable bonds is 14.